The lowest BCUT2D eigenvalue weighted by Gasteiger charge is -2.14. The molecule has 0 aliphatic carbocycles. The summed E-state index contributed by atoms with van der Waals surface area (Å²) in [5.41, 5.74) is 0. The fourth-order valence-corrected chi connectivity index (χ4v) is 3.40. The lowest BCUT2D eigenvalue weighted by molar-refractivity contribution is -0.0499. The van der Waals surface area contributed by atoms with Gasteiger partial charge in [-0.25, -0.2) is 0 Å². The van der Waals surface area contributed by atoms with E-state index in [-0.39, 0.29) is 16.5 Å². The van der Waals surface area contributed by atoms with Crippen LogP contribution in [0.25, 0.3) is 0 Å². The van der Waals surface area contributed by atoms with E-state index in [2.05, 4.69) is 4.74 Å². The first-order valence-corrected chi connectivity index (χ1v) is 6.97. The number of rotatable bonds is 3. The summed E-state index contributed by atoms with van der Waals surface area (Å²) in [4.78, 5) is 14.8. The van der Waals surface area contributed by atoms with Crippen molar-refractivity contribution >= 4 is 29.0 Å². The Hall–Kier alpha value is -0.820. The molecule has 0 N–H and O–H groups in total. The Labute approximate surface area is 106 Å². The van der Waals surface area contributed by atoms with Crippen molar-refractivity contribution in [3.05, 3.63) is 15.8 Å². The number of hydrogen-bond donors (Lipinski definition) is 0. The van der Waals surface area contributed by atoms with E-state index in [4.69, 9.17) is 0 Å². The molecule has 0 aromatic carbocycles. The van der Waals surface area contributed by atoms with Crippen molar-refractivity contribution in [1.29, 1.82) is 0 Å². The molecule has 1 amide bonds. The summed E-state index contributed by atoms with van der Waals surface area (Å²) in [5, 5.41) is 0. The van der Waals surface area contributed by atoms with Gasteiger partial charge in [-0.1, -0.05) is 0 Å². The van der Waals surface area contributed by atoms with Crippen LogP contribution in [0.15, 0.2) is 6.07 Å². The van der Waals surface area contributed by atoms with E-state index in [1.54, 1.807) is 23.6 Å². The molecule has 0 spiro atoms. The van der Waals surface area contributed by atoms with Crippen molar-refractivity contribution in [1.82, 2.24) is 4.90 Å². The molecule has 0 radical (unpaired) electrons. The minimum atomic E-state index is -2.90. The molecule has 17 heavy (non-hydrogen) atoms. The Morgan fingerprint density at radius 3 is 2.94 bits per heavy atom. The van der Waals surface area contributed by atoms with Gasteiger partial charge in [0.2, 0.25) is 0 Å². The van der Waals surface area contributed by atoms with Crippen LogP contribution in [0.1, 0.15) is 14.5 Å². The fraction of sp³-hybridized carbons (Fsp3) is 0.500. The number of ether oxygens (including phenoxy) is 1. The number of halogens is 2. The molecule has 2 heterocycles. The van der Waals surface area contributed by atoms with Crippen molar-refractivity contribution in [2.45, 2.75) is 13.5 Å². The predicted molar refractivity (Wildman–Crippen MR) is 64.0 cm³/mol. The molecular formula is C10H11F2NO2S2. The minimum Gasteiger partial charge on any atom is -0.433 e. The average molecular weight is 279 g/mol. The summed E-state index contributed by atoms with van der Waals surface area (Å²) in [5.74, 6) is 1.28. The third kappa shape index (κ3) is 2.90. The number of carbonyl (C=O) groups is 1. The number of thioether (sulfide) groups is 1. The summed E-state index contributed by atoms with van der Waals surface area (Å²) < 4.78 is 28.8. The number of thiophene rings is 1. The van der Waals surface area contributed by atoms with Crippen LogP contribution in [0.3, 0.4) is 0 Å². The third-order valence-corrected chi connectivity index (χ3v) is 4.26. The summed E-state index contributed by atoms with van der Waals surface area (Å²) in [6, 6.07) is 1.48. The number of carbonyl (C=O) groups excluding carboxylic acids is 1. The maximum absolute atomic E-state index is 12.2. The van der Waals surface area contributed by atoms with E-state index in [1.165, 1.54) is 17.4 Å². The standard InChI is InChI=1S/C10H11F2NO2S2/c1-6-4-7(15-10(11)12)8(17-6)9(14)13-2-3-16-5-13/h4,10H,2-3,5H2,1H3. The zero-order chi connectivity index (χ0) is 12.4. The maximum atomic E-state index is 12.2. The Morgan fingerprint density at radius 1 is 1.59 bits per heavy atom. The van der Waals surface area contributed by atoms with Crippen LogP contribution in [0.5, 0.6) is 5.75 Å². The number of alkyl halides is 2. The maximum Gasteiger partial charge on any atom is 0.387 e. The van der Waals surface area contributed by atoms with Gasteiger partial charge in [0, 0.05) is 17.2 Å². The smallest absolute Gasteiger partial charge is 0.387 e. The number of aryl methyl sites for hydroxylation is 1. The van der Waals surface area contributed by atoms with Crippen LogP contribution >= 0.6 is 23.1 Å². The molecule has 1 fully saturated rings. The second-order valence-electron chi connectivity index (χ2n) is 3.53. The van der Waals surface area contributed by atoms with Crippen LogP contribution in [0, 0.1) is 6.92 Å². The monoisotopic (exact) mass is 279 g/mol. The molecule has 1 aliphatic rings. The highest BCUT2D eigenvalue weighted by molar-refractivity contribution is 7.99. The largest absolute Gasteiger partial charge is 0.433 e. The van der Waals surface area contributed by atoms with Crippen molar-refractivity contribution in [2.24, 2.45) is 0 Å². The number of amides is 1. The first kappa shape index (κ1) is 12.6. The van der Waals surface area contributed by atoms with Crippen LogP contribution in [-0.2, 0) is 0 Å². The lowest BCUT2D eigenvalue weighted by Crippen LogP contribution is -2.27. The van der Waals surface area contributed by atoms with E-state index < -0.39 is 6.61 Å². The molecule has 7 heteroatoms. The number of hydrogen-bond acceptors (Lipinski definition) is 4. The van der Waals surface area contributed by atoms with Gasteiger partial charge in [0.15, 0.2) is 0 Å². The zero-order valence-electron chi connectivity index (χ0n) is 9.11. The summed E-state index contributed by atoms with van der Waals surface area (Å²) in [6.07, 6.45) is 0. The highest BCUT2D eigenvalue weighted by atomic mass is 32.2. The third-order valence-electron chi connectivity index (χ3n) is 2.27. The van der Waals surface area contributed by atoms with Gasteiger partial charge >= 0.3 is 6.61 Å². The molecule has 1 aromatic heterocycles. The Bertz CT molecular complexity index is 416. The molecule has 1 saturated heterocycles. The molecule has 1 aromatic rings. The van der Waals surface area contributed by atoms with E-state index in [0.717, 1.165) is 10.6 Å². The molecule has 1 aliphatic heterocycles. The first-order chi connectivity index (χ1) is 8.08. The molecule has 2 rings (SSSR count). The summed E-state index contributed by atoms with van der Waals surface area (Å²) in [6.45, 7) is -0.476. The second-order valence-corrected chi connectivity index (χ2v) is 5.87. The Morgan fingerprint density at radius 2 is 2.35 bits per heavy atom. The Kier molecular flexibility index (Phi) is 3.88. The highest BCUT2D eigenvalue weighted by Crippen LogP contribution is 2.32. The molecule has 94 valence electrons. The average Bonchev–Trinajstić information content (AvgIpc) is 2.85. The van der Waals surface area contributed by atoms with Crippen LogP contribution in [0.2, 0.25) is 0 Å². The van der Waals surface area contributed by atoms with E-state index in [0.29, 0.717) is 12.4 Å². The van der Waals surface area contributed by atoms with Gasteiger partial charge in [-0.2, -0.15) is 8.78 Å². The van der Waals surface area contributed by atoms with Gasteiger partial charge in [0.05, 0.1) is 5.88 Å². The van der Waals surface area contributed by atoms with Crippen LogP contribution in [-0.4, -0.2) is 35.6 Å². The van der Waals surface area contributed by atoms with Gasteiger partial charge in [-0.3, -0.25) is 4.79 Å². The van der Waals surface area contributed by atoms with Gasteiger partial charge < -0.3 is 9.64 Å². The quantitative estimate of drug-likeness (QED) is 0.852. The minimum absolute atomic E-state index is 0.00981. The normalized spacial score (nSPS) is 15.6. The molecular weight excluding hydrogens is 268 g/mol. The van der Waals surface area contributed by atoms with Gasteiger partial charge in [-0.05, 0) is 13.0 Å². The first-order valence-electron chi connectivity index (χ1n) is 5.00. The van der Waals surface area contributed by atoms with Crippen molar-refractivity contribution in [3.63, 3.8) is 0 Å². The molecule has 0 bridgehead atoms. The van der Waals surface area contributed by atoms with Crippen molar-refractivity contribution < 1.29 is 18.3 Å². The van der Waals surface area contributed by atoms with Gasteiger partial charge in [0.1, 0.15) is 10.6 Å². The molecule has 0 unspecified atom stereocenters. The van der Waals surface area contributed by atoms with E-state index in [9.17, 15) is 13.6 Å². The topological polar surface area (TPSA) is 29.5 Å². The molecule has 0 saturated carbocycles. The summed E-state index contributed by atoms with van der Waals surface area (Å²) in [7, 11) is 0. The summed E-state index contributed by atoms with van der Waals surface area (Å²) >= 11 is 2.84. The zero-order valence-corrected chi connectivity index (χ0v) is 10.7. The van der Waals surface area contributed by atoms with Crippen LogP contribution in [0.4, 0.5) is 8.78 Å². The van der Waals surface area contributed by atoms with E-state index in [1.807, 2.05) is 0 Å². The van der Waals surface area contributed by atoms with Gasteiger partial charge in [0.25, 0.3) is 5.91 Å². The Balaban J connectivity index is 2.21. The molecule has 0 atom stereocenters. The van der Waals surface area contributed by atoms with Crippen molar-refractivity contribution in [2.75, 3.05) is 18.2 Å². The molecule has 3 nitrogen and oxygen atoms in total. The SMILES string of the molecule is Cc1cc(OC(F)F)c(C(=O)N2CCSC2)s1. The highest BCUT2D eigenvalue weighted by Gasteiger charge is 2.26. The second kappa shape index (κ2) is 5.22. The lowest BCUT2D eigenvalue weighted by atomic mass is 10.3. The van der Waals surface area contributed by atoms with Crippen LogP contribution < -0.4 is 4.74 Å². The van der Waals surface area contributed by atoms with Gasteiger partial charge in [-0.15, -0.1) is 23.1 Å². The number of nitrogens with zero attached hydrogens (tertiary/aromatic N) is 1. The fourth-order valence-electron chi connectivity index (χ4n) is 1.54. The van der Waals surface area contributed by atoms with Crippen molar-refractivity contribution in [3.8, 4) is 5.75 Å². The predicted octanol–water partition coefficient (Wildman–Crippen LogP) is 2.80. The van der Waals surface area contributed by atoms with E-state index >= 15 is 0 Å².